The Labute approximate surface area is 123 Å². The molecular weight excluding hydrogens is 258 g/mol. The zero-order valence-electron chi connectivity index (χ0n) is 13.0. The second kappa shape index (κ2) is 12.9. The van der Waals surface area contributed by atoms with Gasteiger partial charge in [0.1, 0.15) is 5.78 Å². The molecule has 0 saturated heterocycles. The van der Waals surface area contributed by atoms with Crippen LogP contribution < -0.4 is 5.32 Å². The second-order valence-corrected chi connectivity index (χ2v) is 6.71. The zero-order valence-corrected chi connectivity index (χ0v) is 13.9. The first kappa shape index (κ1) is 18.9. The van der Waals surface area contributed by atoms with Gasteiger partial charge in [0, 0.05) is 25.6 Å². The summed E-state index contributed by atoms with van der Waals surface area (Å²) in [6, 6.07) is 0. The minimum Gasteiger partial charge on any atom is -0.381 e. The van der Waals surface area contributed by atoms with Gasteiger partial charge < -0.3 is 10.1 Å². The van der Waals surface area contributed by atoms with E-state index in [1.165, 1.54) is 0 Å². The summed E-state index contributed by atoms with van der Waals surface area (Å²) >= 11 is 1.93. The first-order valence-corrected chi connectivity index (χ1v) is 8.58. The summed E-state index contributed by atoms with van der Waals surface area (Å²) in [7, 11) is 0. The Bertz CT molecular complexity index is 222. The smallest absolute Gasteiger partial charge is 0.135 e. The predicted octanol–water partition coefficient (Wildman–Crippen LogP) is 3.48. The van der Waals surface area contributed by atoms with Crippen molar-refractivity contribution in [3.05, 3.63) is 0 Å². The number of carbonyl (C=O) groups excluding carboxylic acids is 1. The highest BCUT2D eigenvalue weighted by Gasteiger charge is 2.05. The monoisotopic (exact) mass is 289 g/mol. The molecule has 19 heavy (non-hydrogen) atoms. The maximum atomic E-state index is 11.4. The third-order valence-electron chi connectivity index (χ3n) is 2.92. The third kappa shape index (κ3) is 12.7. The molecule has 0 amide bonds. The molecule has 0 heterocycles. The van der Waals surface area contributed by atoms with Crippen molar-refractivity contribution in [2.24, 2.45) is 5.92 Å². The van der Waals surface area contributed by atoms with Crippen LogP contribution in [-0.4, -0.2) is 36.7 Å². The van der Waals surface area contributed by atoms with Crippen molar-refractivity contribution in [1.82, 2.24) is 5.32 Å². The molecule has 1 N–H and O–H groups in total. The Morgan fingerprint density at radius 3 is 2.47 bits per heavy atom. The molecule has 0 rings (SSSR count). The number of ketones is 1. The highest BCUT2D eigenvalue weighted by molar-refractivity contribution is 7.99. The van der Waals surface area contributed by atoms with Crippen LogP contribution in [0.1, 0.15) is 53.4 Å². The lowest BCUT2D eigenvalue weighted by Gasteiger charge is -2.12. The van der Waals surface area contributed by atoms with Crippen LogP contribution in [0.25, 0.3) is 0 Å². The van der Waals surface area contributed by atoms with E-state index in [-0.39, 0.29) is 5.92 Å². The molecule has 0 fully saturated rings. The molecule has 0 saturated carbocycles. The SMILES string of the molecule is CCSC(C)NCCCOCCCCC(=O)C(C)C. The van der Waals surface area contributed by atoms with Crippen molar-refractivity contribution in [3.8, 4) is 0 Å². The Kier molecular flexibility index (Phi) is 12.9. The van der Waals surface area contributed by atoms with Gasteiger partial charge in [-0.1, -0.05) is 20.8 Å². The number of Topliss-reactive ketones (excluding diaryl/α,β-unsaturated/α-hetero) is 1. The molecule has 114 valence electrons. The van der Waals surface area contributed by atoms with Crippen LogP contribution in [0.3, 0.4) is 0 Å². The van der Waals surface area contributed by atoms with Gasteiger partial charge in [-0.25, -0.2) is 0 Å². The Hall–Kier alpha value is -0.0600. The molecule has 0 spiro atoms. The molecular formula is C15H31NO2S. The van der Waals surface area contributed by atoms with Gasteiger partial charge >= 0.3 is 0 Å². The topological polar surface area (TPSA) is 38.3 Å². The summed E-state index contributed by atoms with van der Waals surface area (Å²) in [5.41, 5.74) is 0. The molecule has 0 bridgehead atoms. The first-order valence-electron chi connectivity index (χ1n) is 7.53. The van der Waals surface area contributed by atoms with Crippen LogP contribution in [0, 0.1) is 5.92 Å². The molecule has 0 aliphatic carbocycles. The molecule has 1 unspecified atom stereocenters. The van der Waals surface area contributed by atoms with Gasteiger partial charge in [0.2, 0.25) is 0 Å². The van der Waals surface area contributed by atoms with Gasteiger partial charge in [-0.2, -0.15) is 0 Å². The van der Waals surface area contributed by atoms with Crippen LogP contribution in [0.5, 0.6) is 0 Å². The summed E-state index contributed by atoms with van der Waals surface area (Å²) in [5.74, 6) is 1.70. The van der Waals surface area contributed by atoms with Gasteiger partial charge in [-0.3, -0.25) is 4.79 Å². The summed E-state index contributed by atoms with van der Waals surface area (Å²) in [4.78, 5) is 11.4. The summed E-state index contributed by atoms with van der Waals surface area (Å²) in [6.45, 7) is 10.9. The van der Waals surface area contributed by atoms with Gasteiger partial charge in [-0.15, -0.1) is 11.8 Å². The quantitative estimate of drug-likeness (QED) is 0.416. The van der Waals surface area contributed by atoms with E-state index in [0.29, 0.717) is 17.6 Å². The standard InChI is InChI=1S/C15H31NO2S/c1-5-19-14(4)16-10-8-12-18-11-7-6-9-15(17)13(2)3/h13-14,16H,5-12H2,1-4H3. The van der Waals surface area contributed by atoms with Crippen molar-refractivity contribution in [2.45, 2.75) is 58.8 Å². The number of hydrogen-bond acceptors (Lipinski definition) is 4. The third-order valence-corrected chi connectivity index (χ3v) is 3.92. The van der Waals surface area contributed by atoms with Crippen molar-refractivity contribution < 1.29 is 9.53 Å². The molecule has 0 aliphatic heterocycles. The van der Waals surface area contributed by atoms with E-state index < -0.39 is 0 Å². The Morgan fingerprint density at radius 1 is 1.16 bits per heavy atom. The normalized spacial score (nSPS) is 12.9. The fraction of sp³-hybridized carbons (Fsp3) is 0.933. The fourth-order valence-corrected chi connectivity index (χ4v) is 2.42. The number of carbonyl (C=O) groups is 1. The van der Waals surface area contributed by atoms with Crippen LogP contribution >= 0.6 is 11.8 Å². The van der Waals surface area contributed by atoms with E-state index in [4.69, 9.17) is 4.74 Å². The lowest BCUT2D eigenvalue weighted by Crippen LogP contribution is -2.25. The van der Waals surface area contributed by atoms with E-state index in [1.54, 1.807) is 0 Å². The van der Waals surface area contributed by atoms with E-state index in [2.05, 4.69) is 19.2 Å². The summed E-state index contributed by atoms with van der Waals surface area (Å²) in [6.07, 6.45) is 3.71. The van der Waals surface area contributed by atoms with Crippen LogP contribution in [0.2, 0.25) is 0 Å². The van der Waals surface area contributed by atoms with Gasteiger partial charge in [0.25, 0.3) is 0 Å². The van der Waals surface area contributed by atoms with E-state index in [1.807, 2.05) is 25.6 Å². The minimum atomic E-state index is 0.176. The van der Waals surface area contributed by atoms with Gasteiger partial charge in [0.15, 0.2) is 0 Å². The van der Waals surface area contributed by atoms with Gasteiger partial charge in [0.05, 0.1) is 5.37 Å². The van der Waals surface area contributed by atoms with Crippen molar-refractivity contribution in [2.75, 3.05) is 25.5 Å². The molecule has 0 aromatic carbocycles. The molecule has 0 aromatic rings. The lowest BCUT2D eigenvalue weighted by molar-refractivity contribution is -0.122. The number of thioether (sulfide) groups is 1. The number of nitrogens with one attached hydrogen (secondary N) is 1. The van der Waals surface area contributed by atoms with Crippen LogP contribution in [0.4, 0.5) is 0 Å². The van der Waals surface area contributed by atoms with Crippen molar-refractivity contribution >= 4 is 17.5 Å². The summed E-state index contributed by atoms with van der Waals surface area (Å²) in [5, 5.41) is 3.99. The lowest BCUT2D eigenvalue weighted by atomic mass is 10.0. The van der Waals surface area contributed by atoms with E-state index in [0.717, 1.165) is 44.8 Å². The molecule has 3 nitrogen and oxygen atoms in total. The number of rotatable bonds is 13. The van der Waals surface area contributed by atoms with E-state index in [9.17, 15) is 4.79 Å². The number of hydrogen-bond donors (Lipinski definition) is 1. The maximum Gasteiger partial charge on any atom is 0.135 e. The molecule has 0 radical (unpaired) electrons. The zero-order chi connectivity index (χ0) is 14.5. The summed E-state index contributed by atoms with van der Waals surface area (Å²) < 4.78 is 5.56. The average molecular weight is 289 g/mol. The largest absolute Gasteiger partial charge is 0.381 e. The maximum absolute atomic E-state index is 11.4. The predicted molar refractivity (Wildman–Crippen MR) is 84.7 cm³/mol. The highest BCUT2D eigenvalue weighted by Crippen LogP contribution is 2.06. The first-order chi connectivity index (χ1) is 9.07. The molecule has 1 atom stereocenters. The van der Waals surface area contributed by atoms with Gasteiger partial charge in [-0.05, 0) is 38.5 Å². The number of unbranched alkanes of at least 4 members (excludes halogenated alkanes) is 1. The average Bonchev–Trinajstić information content (AvgIpc) is 2.36. The van der Waals surface area contributed by atoms with Crippen LogP contribution in [-0.2, 0) is 9.53 Å². The second-order valence-electron chi connectivity index (χ2n) is 5.10. The molecule has 0 aliphatic rings. The number of ether oxygens (including phenoxy) is 1. The van der Waals surface area contributed by atoms with Crippen molar-refractivity contribution in [3.63, 3.8) is 0 Å². The Balaban J connectivity index is 3.17. The fourth-order valence-electron chi connectivity index (χ4n) is 1.68. The van der Waals surface area contributed by atoms with Crippen LogP contribution in [0.15, 0.2) is 0 Å². The molecule has 4 heteroatoms. The Morgan fingerprint density at radius 2 is 1.84 bits per heavy atom. The van der Waals surface area contributed by atoms with E-state index >= 15 is 0 Å². The molecule has 0 aromatic heterocycles. The highest BCUT2D eigenvalue weighted by atomic mass is 32.2. The minimum absolute atomic E-state index is 0.176. The van der Waals surface area contributed by atoms with Crippen molar-refractivity contribution in [1.29, 1.82) is 0 Å².